The van der Waals surface area contributed by atoms with E-state index in [0.29, 0.717) is 0 Å². The summed E-state index contributed by atoms with van der Waals surface area (Å²) in [6, 6.07) is -5.55. The van der Waals surface area contributed by atoms with E-state index >= 15 is 0 Å². The van der Waals surface area contributed by atoms with Gasteiger partial charge >= 0.3 is 11.9 Å². The standard InChI is InChI=1S/C17H30N4O9/c1-8(2)5-11(17(29)30)20-16(28)12(7-23)21-15(27)10(3-4-13(24)25)19-14(26)9(18)6-22/h8-12,22-23H,3-7,18H2,1-2H3,(H,19,26)(H,20,28)(H,21,27)(H,24,25)(H,29,30). The van der Waals surface area contributed by atoms with Gasteiger partial charge in [-0.3, -0.25) is 19.2 Å². The zero-order chi connectivity index (χ0) is 23.4. The monoisotopic (exact) mass is 434 g/mol. The van der Waals surface area contributed by atoms with Gasteiger partial charge in [0.15, 0.2) is 0 Å². The van der Waals surface area contributed by atoms with Gasteiger partial charge in [0.25, 0.3) is 0 Å². The summed E-state index contributed by atoms with van der Waals surface area (Å²) < 4.78 is 0. The van der Waals surface area contributed by atoms with Crippen molar-refractivity contribution in [3.63, 3.8) is 0 Å². The number of nitrogens with one attached hydrogen (secondary N) is 3. The lowest BCUT2D eigenvalue weighted by Gasteiger charge is -2.24. The van der Waals surface area contributed by atoms with E-state index in [-0.39, 0.29) is 18.8 Å². The van der Waals surface area contributed by atoms with E-state index in [0.717, 1.165) is 0 Å². The first-order chi connectivity index (χ1) is 13.9. The van der Waals surface area contributed by atoms with E-state index in [2.05, 4.69) is 16.0 Å². The van der Waals surface area contributed by atoms with Crippen molar-refractivity contribution >= 4 is 29.7 Å². The van der Waals surface area contributed by atoms with Crippen LogP contribution in [0, 0.1) is 5.92 Å². The molecule has 30 heavy (non-hydrogen) atoms. The highest BCUT2D eigenvalue weighted by atomic mass is 16.4. The summed E-state index contributed by atoms with van der Waals surface area (Å²) in [6.07, 6.45) is -0.738. The topological polar surface area (TPSA) is 228 Å². The third-order valence-electron chi connectivity index (χ3n) is 3.95. The summed E-state index contributed by atoms with van der Waals surface area (Å²) in [4.78, 5) is 58.6. The second-order valence-corrected chi connectivity index (χ2v) is 7.06. The lowest BCUT2D eigenvalue weighted by atomic mass is 10.0. The molecule has 3 amide bonds. The minimum absolute atomic E-state index is 0.0556. The predicted octanol–water partition coefficient (Wildman–Crippen LogP) is -3.25. The Morgan fingerprint density at radius 3 is 1.73 bits per heavy atom. The second-order valence-electron chi connectivity index (χ2n) is 7.06. The van der Waals surface area contributed by atoms with Crippen LogP contribution in [0.1, 0.15) is 33.1 Å². The molecule has 0 aliphatic rings. The molecular formula is C17H30N4O9. The van der Waals surface area contributed by atoms with Crippen molar-refractivity contribution in [2.45, 2.75) is 57.3 Å². The Morgan fingerprint density at radius 2 is 1.30 bits per heavy atom. The van der Waals surface area contributed by atoms with Gasteiger partial charge in [0.2, 0.25) is 17.7 Å². The minimum Gasteiger partial charge on any atom is -0.481 e. The number of carboxylic acid groups (broad SMARTS) is 2. The van der Waals surface area contributed by atoms with E-state index in [1.165, 1.54) is 0 Å². The van der Waals surface area contributed by atoms with Gasteiger partial charge in [-0.2, -0.15) is 0 Å². The average molecular weight is 434 g/mol. The molecule has 4 unspecified atom stereocenters. The Kier molecular flexibility index (Phi) is 12.2. The van der Waals surface area contributed by atoms with Crippen LogP contribution in [0.4, 0.5) is 0 Å². The Hall–Kier alpha value is -2.77. The first kappa shape index (κ1) is 27.2. The van der Waals surface area contributed by atoms with Gasteiger partial charge < -0.3 is 42.1 Å². The first-order valence-corrected chi connectivity index (χ1v) is 9.25. The van der Waals surface area contributed by atoms with Crippen molar-refractivity contribution in [1.82, 2.24) is 16.0 Å². The van der Waals surface area contributed by atoms with E-state index < -0.39 is 73.5 Å². The molecule has 0 rings (SSSR count). The van der Waals surface area contributed by atoms with Crippen LogP contribution >= 0.6 is 0 Å². The number of carboxylic acids is 2. The summed E-state index contributed by atoms with van der Waals surface area (Å²) in [5.74, 6) is -5.46. The zero-order valence-electron chi connectivity index (χ0n) is 16.8. The lowest BCUT2D eigenvalue weighted by molar-refractivity contribution is -0.143. The molecule has 0 aromatic rings. The second kappa shape index (κ2) is 13.5. The fraction of sp³-hybridized carbons (Fsp3) is 0.706. The van der Waals surface area contributed by atoms with Gasteiger partial charge in [0, 0.05) is 6.42 Å². The summed E-state index contributed by atoms with van der Waals surface area (Å²) >= 11 is 0. The average Bonchev–Trinajstić information content (AvgIpc) is 2.66. The van der Waals surface area contributed by atoms with Crippen LogP contribution in [0.25, 0.3) is 0 Å². The molecule has 0 fully saturated rings. The molecule has 0 aromatic carbocycles. The molecule has 0 aliphatic heterocycles. The molecule has 0 bridgehead atoms. The number of nitrogens with two attached hydrogens (primary N) is 1. The predicted molar refractivity (Wildman–Crippen MR) is 102 cm³/mol. The minimum atomic E-state index is -1.54. The molecule has 13 nitrogen and oxygen atoms in total. The highest BCUT2D eigenvalue weighted by Gasteiger charge is 2.30. The molecule has 0 spiro atoms. The number of aliphatic hydroxyl groups excluding tert-OH is 2. The number of amides is 3. The molecule has 0 heterocycles. The van der Waals surface area contributed by atoms with E-state index in [1.54, 1.807) is 13.8 Å². The van der Waals surface area contributed by atoms with Crippen LogP contribution in [-0.2, 0) is 24.0 Å². The van der Waals surface area contributed by atoms with Crippen molar-refractivity contribution < 1.29 is 44.4 Å². The quantitative estimate of drug-likeness (QED) is 0.136. The maximum absolute atomic E-state index is 12.4. The zero-order valence-corrected chi connectivity index (χ0v) is 16.8. The highest BCUT2D eigenvalue weighted by Crippen LogP contribution is 2.06. The SMILES string of the molecule is CC(C)CC(NC(=O)C(CO)NC(=O)C(CCC(=O)O)NC(=O)C(N)CO)C(=O)O. The molecule has 13 heteroatoms. The number of aliphatic hydroxyl groups is 2. The molecule has 0 aromatic heterocycles. The van der Waals surface area contributed by atoms with Crippen molar-refractivity contribution in [3.05, 3.63) is 0 Å². The lowest BCUT2D eigenvalue weighted by Crippen LogP contribution is -2.58. The largest absolute Gasteiger partial charge is 0.481 e. The van der Waals surface area contributed by atoms with Gasteiger partial charge in [-0.25, -0.2) is 4.79 Å². The molecule has 9 N–H and O–H groups in total. The van der Waals surface area contributed by atoms with Crippen LogP contribution < -0.4 is 21.7 Å². The molecule has 4 atom stereocenters. The van der Waals surface area contributed by atoms with Gasteiger partial charge in [-0.05, 0) is 18.8 Å². The first-order valence-electron chi connectivity index (χ1n) is 9.25. The maximum atomic E-state index is 12.4. The van der Waals surface area contributed by atoms with Crippen molar-refractivity contribution in [3.8, 4) is 0 Å². The summed E-state index contributed by atoms with van der Waals surface area (Å²) in [5.41, 5.74) is 5.35. The Morgan fingerprint density at radius 1 is 0.800 bits per heavy atom. The van der Waals surface area contributed by atoms with Crippen LogP contribution in [-0.4, -0.2) is 87.5 Å². The molecule has 0 saturated carbocycles. The number of rotatable bonds is 14. The van der Waals surface area contributed by atoms with Crippen molar-refractivity contribution in [2.24, 2.45) is 11.7 Å². The van der Waals surface area contributed by atoms with E-state index in [9.17, 15) is 34.2 Å². The third kappa shape index (κ3) is 10.1. The molecule has 0 radical (unpaired) electrons. The van der Waals surface area contributed by atoms with Crippen LogP contribution in [0.15, 0.2) is 0 Å². The third-order valence-corrected chi connectivity index (χ3v) is 3.95. The van der Waals surface area contributed by atoms with Crippen LogP contribution in [0.2, 0.25) is 0 Å². The van der Waals surface area contributed by atoms with Gasteiger partial charge in [-0.15, -0.1) is 0 Å². The van der Waals surface area contributed by atoms with Crippen LogP contribution in [0.3, 0.4) is 0 Å². The van der Waals surface area contributed by atoms with E-state index in [1.807, 2.05) is 0 Å². The molecule has 172 valence electrons. The van der Waals surface area contributed by atoms with Crippen LogP contribution in [0.5, 0.6) is 0 Å². The molecular weight excluding hydrogens is 404 g/mol. The van der Waals surface area contributed by atoms with Crippen molar-refractivity contribution in [2.75, 3.05) is 13.2 Å². The number of carbonyl (C=O) groups is 5. The summed E-state index contributed by atoms with van der Waals surface area (Å²) in [7, 11) is 0. The number of hydrogen-bond acceptors (Lipinski definition) is 8. The maximum Gasteiger partial charge on any atom is 0.326 e. The Labute approximate surface area is 173 Å². The highest BCUT2D eigenvalue weighted by molar-refractivity contribution is 5.94. The Bertz CT molecular complexity index is 626. The smallest absolute Gasteiger partial charge is 0.326 e. The van der Waals surface area contributed by atoms with Gasteiger partial charge in [0.05, 0.1) is 13.2 Å². The van der Waals surface area contributed by atoms with Gasteiger partial charge in [-0.1, -0.05) is 13.8 Å². The van der Waals surface area contributed by atoms with Crippen molar-refractivity contribution in [1.29, 1.82) is 0 Å². The fourth-order valence-corrected chi connectivity index (χ4v) is 2.33. The van der Waals surface area contributed by atoms with E-state index in [4.69, 9.17) is 15.9 Å². The molecule has 0 aliphatic carbocycles. The fourth-order valence-electron chi connectivity index (χ4n) is 2.33. The summed E-state index contributed by atoms with van der Waals surface area (Å²) in [5, 5.41) is 42.9. The molecule has 0 saturated heterocycles. The normalized spacial score (nSPS) is 14.9. The number of hydrogen-bond donors (Lipinski definition) is 8. The van der Waals surface area contributed by atoms with Gasteiger partial charge in [0.1, 0.15) is 24.2 Å². The number of carbonyl (C=O) groups excluding carboxylic acids is 3. The number of aliphatic carboxylic acids is 2. The Balaban J connectivity index is 5.24. The summed E-state index contributed by atoms with van der Waals surface area (Å²) in [6.45, 7) is 1.91.